The summed E-state index contributed by atoms with van der Waals surface area (Å²) >= 11 is 0. The van der Waals surface area contributed by atoms with Crippen molar-refractivity contribution in [1.82, 2.24) is 5.32 Å². The van der Waals surface area contributed by atoms with E-state index in [1.165, 1.54) is 6.42 Å². The van der Waals surface area contributed by atoms with E-state index in [2.05, 4.69) is 26.1 Å². The smallest absolute Gasteiger partial charge is 0.475 e. The first-order chi connectivity index (χ1) is 7.44. The van der Waals surface area contributed by atoms with Gasteiger partial charge in [-0.1, -0.05) is 6.92 Å². The summed E-state index contributed by atoms with van der Waals surface area (Å²) in [6.45, 7) is 6.51. The number of aliphatic carboxylic acids is 1. The number of halogens is 3. The van der Waals surface area contributed by atoms with Crippen LogP contribution in [0.1, 0.15) is 33.6 Å². The van der Waals surface area contributed by atoms with Gasteiger partial charge in [-0.25, -0.2) is 4.79 Å². The Kier molecular flexibility index (Phi) is 4.97. The second-order valence-corrected chi connectivity index (χ2v) is 4.80. The number of piperidine rings is 1. The fourth-order valence-corrected chi connectivity index (χ4v) is 1.80. The molecule has 0 saturated carbocycles. The van der Waals surface area contributed by atoms with Crippen molar-refractivity contribution in [3.8, 4) is 0 Å². The zero-order valence-corrected chi connectivity index (χ0v) is 9.98. The second-order valence-electron chi connectivity index (χ2n) is 4.80. The molecule has 17 heavy (non-hydrogen) atoms. The van der Waals surface area contributed by atoms with Gasteiger partial charge in [-0.2, -0.15) is 13.2 Å². The lowest BCUT2D eigenvalue weighted by molar-refractivity contribution is -0.192. The Morgan fingerprint density at radius 3 is 2.18 bits per heavy atom. The van der Waals surface area contributed by atoms with Crippen molar-refractivity contribution in [3.63, 3.8) is 0 Å². The molecule has 1 aliphatic rings. The van der Waals surface area contributed by atoms with E-state index in [1.807, 2.05) is 0 Å². The minimum atomic E-state index is -5.08. The molecule has 1 rings (SSSR count). The molecule has 1 aliphatic heterocycles. The number of rotatable bonds is 0. The fraction of sp³-hybridized carbons (Fsp3) is 0.800. The van der Waals surface area contributed by atoms with Crippen molar-refractivity contribution >= 4 is 11.8 Å². The van der Waals surface area contributed by atoms with E-state index in [4.69, 9.17) is 15.3 Å². The van der Waals surface area contributed by atoms with E-state index in [1.54, 1.807) is 0 Å². The van der Waals surface area contributed by atoms with Crippen LogP contribution < -0.4 is 5.32 Å². The molecule has 7 heteroatoms. The third-order valence-corrected chi connectivity index (χ3v) is 2.14. The van der Waals surface area contributed by atoms with Crippen molar-refractivity contribution in [2.24, 2.45) is 5.92 Å². The highest BCUT2D eigenvalue weighted by atomic mass is 19.4. The molecule has 1 fully saturated rings. The number of carbonyl (C=O) groups is 1. The molecule has 1 heterocycles. The maximum absolute atomic E-state index is 10.6. The number of carboxylic acid groups (broad SMARTS) is 1. The maximum atomic E-state index is 10.6. The largest absolute Gasteiger partial charge is 0.490 e. The summed E-state index contributed by atoms with van der Waals surface area (Å²) in [7, 11) is 0. The molecule has 1 atom stereocenters. The Morgan fingerprint density at radius 1 is 1.53 bits per heavy atom. The summed E-state index contributed by atoms with van der Waals surface area (Å²) in [5.74, 6) is -1.39. The normalized spacial score (nSPS) is 23.2. The van der Waals surface area contributed by atoms with Crippen LogP contribution in [0.3, 0.4) is 0 Å². The average molecular weight is 254 g/mol. The van der Waals surface area contributed by atoms with Gasteiger partial charge in [-0.15, -0.1) is 0 Å². The van der Waals surface area contributed by atoms with Crippen LogP contribution in [0.25, 0.3) is 0 Å². The van der Waals surface area contributed by atoms with Crippen LogP contribution >= 0.6 is 0 Å². The summed E-state index contributed by atoms with van der Waals surface area (Å²) in [4.78, 5) is 8.90. The van der Waals surface area contributed by atoms with Crippen LogP contribution in [-0.2, 0) is 4.79 Å². The molecule has 0 amide bonds. The molecule has 0 radical (unpaired) electrons. The van der Waals surface area contributed by atoms with Crippen molar-refractivity contribution < 1.29 is 23.1 Å². The van der Waals surface area contributed by atoms with Crippen molar-refractivity contribution in [2.75, 3.05) is 0 Å². The van der Waals surface area contributed by atoms with Gasteiger partial charge >= 0.3 is 12.1 Å². The topological polar surface area (TPSA) is 73.2 Å². The Balaban J connectivity index is 0.000000325. The van der Waals surface area contributed by atoms with E-state index in [0.717, 1.165) is 6.42 Å². The Hall–Kier alpha value is -1.27. The highest BCUT2D eigenvalue weighted by molar-refractivity contribution is 5.80. The molecular formula is C10H17F3N2O2. The van der Waals surface area contributed by atoms with Gasteiger partial charge in [0.15, 0.2) is 0 Å². The molecule has 0 bridgehead atoms. The molecule has 0 aliphatic carbocycles. The highest BCUT2D eigenvalue weighted by Gasteiger charge is 2.38. The molecule has 3 N–H and O–H groups in total. The van der Waals surface area contributed by atoms with E-state index in [-0.39, 0.29) is 5.54 Å². The predicted octanol–water partition coefficient (Wildman–Crippen LogP) is 2.40. The van der Waals surface area contributed by atoms with E-state index < -0.39 is 12.1 Å². The Labute approximate surface area is 97.7 Å². The summed E-state index contributed by atoms with van der Waals surface area (Å²) in [5.41, 5.74) is 0.148. The van der Waals surface area contributed by atoms with E-state index in [9.17, 15) is 13.2 Å². The molecular weight excluding hydrogens is 237 g/mol. The number of carboxylic acids is 1. The third kappa shape index (κ3) is 6.80. The van der Waals surface area contributed by atoms with Gasteiger partial charge in [0.1, 0.15) is 0 Å². The predicted molar refractivity (Wildman–Crippen MR) is 57.0 cm³/mol. The fourth-order valence-electron chi connectivity index (χ4n) is 1.80. The molecule has 4 nitrogen and oxygen atoms in total. The van der Waals surface area contributed by atoms with E-state index >= 15 is 0 Å². The highest BCUT2D eigenvalue weighted by Crippen LogP contribution is 2.23. The lowest BCUT2D eigenvalue weighted by atomic mass is 9.85. The van der Waals surface area contributed by atoms with Gasteiger partial charge in [-0.3, -0.25) is 5.41 Å². The third-order valence-electron chi connectivity index (χ3n) is 2.14. The van der Waals surface area contributed by atoms with Crippen LogP contribution in [-0.4, -0.2) is 28.6 Å². The van der Waals surface area contributed by atoms with Crippen LogP contribution in [0.2, 0.25) is 0 Å². The first-order valence-corrected chi connectivity index (χ1v) is 5.10. The molecule has 0 spiro atoms. The first-order valence-electron chi connectivity index (χ1n) is 5.10. The number of amidine groups is 1. The molecule has 100 valence electrons. The van der Waals surface area contributed by atoms with Crippen LogP contribution in [0, 0.1) is 11.3 Å². The van der Waals surface area contributed by atoms with Crippen molar-refractivity contribution in [2.45, 2.75) is 45.3 Å². The molecule has 1 unspecified atom stereocenters. The first kappa shape index (κ1) is 15.7. The van der Waals surface area contributed by atoms with Crippen LogP contribution in [0.4, 0.5) is 13.2 Å². The van der Waals surface area contributed by atoms with Crippen molar-refractivity contribution in [1.29, 1.82) is 5.41 Å². The van der Waals surface area contributed by atoms with Crippen LogP contribution in [0.5, 0.6) is 0 Å². The van der Waals surface area contributed by atoms with E-state index in [0.29, 0.717) is 11.8 Å². The summed E-state index contributed by atoms with van der Waals surface area (Å²) < 4.78 is 31.7. The van der Waals surface area contributed by atoms with Gasteiger partial charge in [0, 0.05) is 12.0 Å². The molecule has 0 aromatic rings. The van der Waals surface area contributed by atoms with Crippen molar-refractivity contribution in [3.05, 3.63) is 0 Å². The summed E-state index contributed by atoms with van der Waals surface area (Å²) in [5, 5.41) is 17.8. The zero-order chi connectivity index (χ0) is 13.9. The maximum Gasteiger partial charge on any atom is 0.490 e. The lowest BCUT2D eigenvalue weighted by Gasteiger charge is -2.36. The number of nitrogens with one attached hydrogen (secondary N) is 2. The average Bonchev–Trinajstić information content (AvgIpc) is 1.96. The van der Waals surface area contributed by atoms with Crippen LogP contribution in [0.15, 0.2) is 0 Å². The lowest BCUT2D eigenvalue weighted by Crippen LogP contribution is -2.48. The molecule has 0 aromatic heterocycles. The number of hydrogen-bond donors (Lipinski definition) is 3. The van der Waals surface area contributed by atoms with Gasteiger partial charge in [0.25, 0.3) is 0 Å². The minimum Gasteiger partial charge on any atom is -0.475 e. The quantitative estimate of drug-likeness (QED) is 0.621. The zero-order valence-electron chi connectivity index (χ0n) is 9.98. The number of hydrogen-bond acceptors (Lipinski definition) is 2. The van der Waals surface area contributed by atoms with Gasteiger partial charge in [-0.05, 0) is 26.2 Å². The number of alkyl halides is 3. The van der Waals surface area contributed by atoms with Gasteiger partial charge < -0.3 is 10.4 Å². The monoisotopic (exact) mass is 254 g/mol. The standard InChI is InChI=1S/C8H16N2.C2HF3O2/c1-6-4-7(9)10-8(2,3)5-6;3-2(4,5)1(6)7/h6H,4-5H2,1-3H3,(H2,9,10);(H,6,7). The van der Waals surface area contributed by atoms with Gasteiger partial charge in [0.05, 0.1) is 5.84 Å². The second kappa shape index (κ2) is 5.37. The summed E-state index contributed by atoms with van der Waals surface area (Å²) in [6, 6.07) is 0. The Bertz CT molecular complexity index is 300. The molecule has 0 aromatic carbocycles. The van der Waals surface area contributed by atoms with Gasteiger partial charge in [0.2, 0.25) is 0 Å². The molecule has 1 saturated heterocycles. The SMILES string of the molecule is CC1CC(=N)NC(C)(C)C1.O=C(O)C(F)(F)F. The Morgan fingerprint density at radius 2 is 1.94 bits per heavy atom. The minimum absolute atomic E-state index is 0.148. The summed E-state index contributed by atoms with van der Waals surface area (Å²) in [6.07, 6.45) is -2.99.